The lowest BCUT2D eigenvalue weighted by molar-refractivity contribution is -0.141. The quantitative estimate of drug-likeness (QED) is 0.0536. The molecule has 0 aromatic rings. The summed E-state index contributed by atoms with van der Waals surface area (Å²) >= 11 is 0. The highest BCUT2D eigenvalue weighted by atomic mass is 16.6. The summed E-state index contributed by atoms with van der Waals surface area (Å²) in [5.74, 6) is -5.01. The Kier molecular flexibility index (Phi) is 26.7. The Bertz CT molecular complexity index is 1460. The van der Waals surface area contributed by atoms with Gasteiger partial charge in [0, 0.05) is 78.5 Å². The van der Waals surface area contributed by atoms with Crippen molar-refractivity contribution in [1.82, 2.24) is 45.8 Å². The fraction of sp³-hybridized carbons (Fsp3) is 0.786. The molecule has 0 radical (unpaired) electrons. The van der Waals surface area contributed by atoms with Gasteiger partial charge in [-0.25, -0.2) is 19.2 Å². The molecule has 25 heteroatoms. The van der Waals surface area contributed by atoms with E-state index in [1.807, 2.05) is 0 Å². The van der Waals surface area contributed by atoms with Crippen LogP contribution in [0.3, 0.4) is 0 Å². The Balaban J connectivity index is 6.12. The van der Waals surface area contributed by atoms with Gasteiger partial charge >= 0.3 is 42.3 Å². The van der Waals surface area contributed by atoms with E-state index in [1.54, 1.807) is 83.1 Å². The van der Waals surface area contributed by atoms with E-state index in [9.17, 15) is 58.5 Å². The zero-order valence-electron chi connectivity index (χ0n) is 41.4. The van der Waals surface area contributed by atoms with E-state index in [-0.39, 0.29) is 78.5 Å². The molecule has 6 amide bonds. The fourth-order valence-electron chi connectivity index (χ4n) is 5.57. The highest BCUT2D eigenvalue weighted by molar-refractivity contribution is 5.80. The van der Waals surface area contributed by atoms with E-state index in [1.165, 1.54) is 24.5 Å². The number of ether oxygens (including phenoxy) is 4. The number of rotatable bonds is 28. The number of hydrogen-bond acceptors (Lipinski definition) is 16. The molecule has 0 atom stereocenters. The monoisotopic (exact) mass is 964 g/mol. The summed E-state index contributed by atoms with van der Waals surface area (Å²) in [5, 5.41) is 39.4. The average molecular weight is 964 g/mol. The number of carboxylic acids is 3. The van der Waals surface area contributed by atoms with Gasteiger partial charge in [0.15, 0.2) is 0 Å². The second-order valence-electron chi connectivity index (χ2n) is 19.4. The van der Waals surface area contributed by atoms with Crippen molar-refractivity contribution in [2.24, 2.45) is 0 Å². The first-order valence-corrected chi connectivity index (χ1v) is 21.9. The lowest BCUT2D eigenvalue weighted by Gasteiger charge is -2.30. The van der Waals surface area contributed by atoms with E-state index >= 15 is 0 Å². The van der Waals surface area contributed by atoms with Crippen molar-refractivity contribution in [3.63, 3.8) is 0 Å². The Hall–Kier alpha value is -5.69. The van der Waals surface area contributed by atoms with Crippen LogP contribution >= 0.6 is 0 Å². The Morgan fingerprint density at radius 1 is 0.343 bits per heavy atom. The normalized spacial score (nSPS) is 11.9. The van der Waals surface area contributed by atoms with Gasteiger partial charge in [0.2, 0.25) is 11.8 Å². The summed E-state index contributed by atoms with van der Waals surface area (Å²) in [7, 11) is 0. The first kappa shape index (κ1) is 61.3. The third-order valence-corrected chi connectivity index (χ3v) is 8.16. The molecule has 0 rings (SSSR count). The maximum Gasteiger partial charge on any atom is 0.407 e. The molecular weight excluding hydrogens is 887 g/mol. The maximum atomic E-state index is 13.7. The largest absolute Gasteiger partial charge is 0.480 e. The molecule has 0 aliphatic rings. The highest BCUT2D eigenvalue weighted by Gasteiger charge is 2.26. The number of carboxylic acid groups (broad SMARTS) is 3. The van der Waals surface area contributed by atoms with Crippen molar-refractivity contribution < 1.29 is 77.4 Å². The molecule has 386 valence electrons. The van der Waals surface area contributed by atoms with Crippen LogP contribution in [0.2, 0.25) is 0 Å². The maximum absolute atomic E-state index is 13.7. The summed E-state index contributed by atoms with van der Waals surface area (Å²) in [6.45, 7) is 16.4. The molecule has 0 aromatic carbocycles. The molecule has 0 bridgehead atoms. The summed E-state index contributed by atoms with van der Waals surface area (Å²) < 4.78 is 21.0. The smallest absolute Gasteiger partial charge is 0.407 e. The number of hydrogen-bond donors (Lipinski definition) is 7. The second kappa shape index (κ2) is 29.2. The van der Waals surface area contributed by atoms with Crippen molar-refractivity contribution in [2.45, 2.75) is 105 Å². The lowest BCUT2D eigenvalue weighted by Crippen LogP contribution is -2.50. The fourth-order valence-corrected chi connectivity index (χ4v) is 5.57. The molecule has 7 N–H and O–H groups in total. The van der Waals surface area contributed by atoms with Crippen molar-refractivity contribution >= 4 is 54.1 Å². The van der Waals surface area contributed by atoms with Gasteiger partial charge in [-0.2, -0.15) is 0 Å². The Morgan fingerprint density at radius 3 is 0.761 bits per heavy atom. The SMILES string of the molecule is CC(C)(C)OC(=O)NCCN(CCNC(=O)OC(C)(C)C)C(=O)CN(CCN(CCN(CC(=O)O)CC(=O)N(CCNC(=O)OC(C)(C)C)CCNC(=O)OC(C)(C)C)CC(=O)O)CC(=O)O. The predicted octanol–water partition coefficient (Wildman–Crippen LogP) is 0.902. The van der Waals surface area contributed by atoms with Crippen LogP contribution in [-0.2, 0) is 42.9 Å². The van der Waals surface area contributed by atoms with Crippen molar-refractivity contribution in [3.8, 4) is 0 Å². The average Bonchev–Trinajstić information content (AvgIpc) is 3.10. The zero-order valence-corrected chi connectivity index (χ0v) is 41.4. The van der Waals surface area contributed by atoms with Crippen LogP contribution in [-0.4, -0.2) is 228 Å². The van der Waals surface area contributed by atoms with E-state index in [2.05, 4.69) is 21.3 Å². The number of amides is 6. The van der Waals surface area contributed by atoms with Crippen molar-refractivity contribution in [2.75, 3.05) is 111 Å². The van der Waals surface area contributed by atoms with Gasteiger partial charge in [0.1, 0.15) is 22.4 Å². The lowest BCUT2D eigenvalue weighted by atomic mass is 10.2. The zero-order chi connectivity index (χ0) is 51.8. The standard InChI is InChI=1S/C42H77N9O16/c1-39(2,3)64-35(60)43-13-17-50(18-14-44-36(61)65-40(4,5)6)30(52)25-48(28-33(56)57)23-21-47(27-32(54)55)22-24-49(29-34(58)59)26-31(53)51(19-15-45-37(62)66-41(7,8)9)20-16-46-38(63)67-42(10,11)12/h13-29H2,1-12H3,(H,43,60)(H,44,61)(H,45,62)(H,46,63)(H,54,55)(H,56,57)(H,58,59). The van der Waals surface area contributed by atoms with Gasteiger partial charge < -0.3 is 65.3 Å². The van der Waals surface area contributed by atoms with Crippen molar-refractivity contribution in [3.05, 3.63) is 0 Å². The van der Waals surface area contributed by atoms with Gasteiger partial charge in [0.05, 0.1) is 32.7 Å². The molecule has 0 saturated heterocycles. The molecule has 0 aromatic heterocycles. The van der Waals surface area contributed by atoms with Crippen molar-refractivity contribution in [1.29, 1.82) is 0 Å². The number of carbonyl (C=O) groups is 9. The molecule has 0 unspecified atom stereocenters. The van der Waals surface area contributed by atoms with Gasteiger partial charge in [0.25, 0.3) is 0 Å². The van der Waals surface area contributed by atoms with Gasteiger partial charge in [-0.1, -0.05) is 0 Å². The number of alkyl carbamates (subject to hydrolysis) is 4. The number of carbonyl (C=O) groups excluding carboxylic acids is 6. The van der Waals surface area contributed by atoms with Crippen LogP contribution in [0.1, 0.15) is 83.1 Å². The molecule has 0 spiro atoms. The van der Waals surface area contributed by atoms with Crippen LogP contribution in [0.5, 0.6) is 0 Å². The molecule has 0 saturated carbocycles. The number of aliphatic carboxylic acids is 3. The van der Waals surface area contributed by atoms with Crippen LogP contribution in [0.25, 0.3) is 0 Å². The number of nitrogens with one attached hydrogen (secondary N) is 4. The first-order valence-electron chi connectivity index (χ1n) is 21.9. The van der Waals surface area contributed by atoms with E-state index < -0.39 is 109 Å². The minimum absolute atomic E-state index is 0.0581. The molecule has 25 nitrogen and oxygen atoms in total. The Morgan fingerprint density at radius 2 is 0.552 bits per heavy atom. The van der Waals surface area contributed by atoms with E-state index in [4.69, 9.17) is 18.9 Å². The third kappa shape index (κ3) is 35.2. The molecule has 0 aliphatic heterocycles. The van der Waals surface area contributed by atoms with Crippen LogP contribution < -0.4 is 21.3 Å². The molecule has 67 heavy (non-hydrogen) atoms. The molecule has 0 heterocycles. The van der Waals surface area contributed by atoms with Gasteiger partial charge in [-0.05, 0) is 83.1 Å². The minimum atomic E-state index is -1.29. The van der Waals surface area contributed by atoms with Crippen LogP contribution in [0, 0.1) is 0 Å². The Labute approximate surface area is 393 Å². The summed E-state index contributed by atoms with van der Waals surface area (Å²) in [5.41, 5.74) is -3.16. The molecular formula is C42H77N9O16. The van der Waals surface area contributed by atoms with Gasteiger partial charge in [-0.3, -0.25) is 38.7 Å². The van der Waals surface area contributed by atoms with E-state index in [0.29, 0.717) is 0 Å². The van der Waals surface area contributed by atoms with Gasteiger partial charge in [-0.15, -0.1) is 0 Å². The second-order valence-corrected chi connectivity index (χ2v) is 19.4. The predicted molar refractivity (Wildman–Crippen MR) is 242 cm³/mol. The van der Waals surface area contributed by atoms with Crippen LogP contribution in [0.15, 0.2) is 0 Å². The topological polar surface area (TPSA) is 316 Å². The summed E-state index contributed by atoms with van der Waals surface area (Å²) in [6, 6.07) is 0. The number of nitrogens with zero attached hydrogens (tertiary/aromatic N) is 5. The molecule has 0 aliphatic carbocycles. The highest BCUT2D eigenvalue weighted by Crippen LogP contribution is 2.09. The van der Waals surface area contributed by atoms with Crippen LogP contribution in [0.4, 0.5) is 19.2 Å². The first-order chi connectivity index (χ1) is 30.6. The minimum Gasteiger partial charge on any atom is -0.480 e. The molecule has 0 fully saturated rings. The third-order valence-electron chi connectivity index (χ3n) is 8.16. The van der Waals surface area contributed by atoms with E-state index in [0.717, 1.165) is 0 Å². The summed E-state index contributed by atoms with van der Waals surface area (Å²) in [4.78, 5) is 119. The summed E-state index contributed by atoms with van der Waals surface area (Å²) in [6.07, 6.45) is -2.94.